The number of carbonyl (C=O) groups is 1. The van der Waals surface area contributed by atoms with Gasteiger partial charge < -0.3 is 10.5 Å². The monoisotopic (exact) mass is 385 g/mol. The van der Waals surface area contributed by atoms with Gasteiger partial charge in [0, 0.05) is 11.1 Å². The molecule has 0 bridgehead atoms. The smallest absolute Gasteiger partial charge is 0.247 e. The number of benzene rings is 2. The second-order valence-electron chi connectivity index (χ2n) is 5.42. The van der Waals surface area contributed by atoms with E-state index in [9.17, 15) is 9.18 Å². The Morgan fingerprint density at radius 1 is 1.22 bits per heavy atom. The van der Waals surface area contributed by atoms with Gasteiger partial charge in [-0.3, -0.25) is 4.79 Å². The van der Waals surface area contributed by atoms with E-state index >= 15 is 0 Å². The number of nitrogens with two attached hydrogens (primary N) is 1. The van der Waals surface area contributed by atoms with Crippen molar-refractivity contribution in [1.82, 2.24) is 15.6 Å². The number of halogens is 1. The Hall–Kier alpha value is -3.33. The van der Waals surface area contributed by atoms with Gasteiger partial charge in [0.05, 0.1) is 12.6 Å². The molecular weight excluding hydrogens is 369 g/mol. The lowest BCUT2D eigenvalue weighted by Crippen LogP contribution is -2.19. The predicted octanol–water partition coefficient (Wildman–Crippen LogP) is 2.53. The van der Waals surface area contributed by atoms with Crippen LogP contribution in [0.25, 0.3) is 0 Å². The molecule has 1 heterocycles. The molecule has 3 rings (SSSR count). The first-order chi connectivity index (χ1) is 13.1. The van der Waals surface area contributed by atoms with Gasteiger partial charge in [-0.25, -0.2) is 9.82 Å². The summed E-state index contributed by atoms with van der Waals surface area (Å²) >= 11 is 1.15. The maximum atomic E-state index is 13.7. The molecule has 0 saturated carbocycles. The minimum Gasteiger partial charge on any atom is -0.488 e. The molecule has 27 heavy (non-hydrogen) atoms. The number of hydrogen-bond donors (Lipinski definition) is 2. The molecule has 0 unspecified atom stereocenters. The number of hydrazone groups is 1. The summed E-state index contributed by atoms with van der Waals surface area (Å²) in [7, 11) is 0. The molecule has 7 nitrogen and oxygen atoms in total. The van der Waals surface area contributed by atoms with Gasteiger partial charge in [0.2, 0.25) is 11.0 Å². The van der Waals surface area contributed by atoms with Crippen LogP contribution >= 0.6 is 11.3 Å². The predicted molar refractivity (Wildman–Crippen MR) is 101 cm³/mol. The number of para-hydroxylation sites is 1. The summed E-state index contributed by atoms with van der Waals surface area (Å²) in [5.41, 5.74) is 8.99. The molecule has 0 fully saturated rings. The van der Waals surface area contributed by atoms with E-state index in [2.05, 4.69) is 20.7 Å². The number of nitrogens with one attached hydrogen (secondary N) is 1. The molecular formula is C18H16FN5O2S. The minimum atomic E-state index is -0.341. The van der Waals surface area contributed by atoms with Crippen molar-refractivity contribution in [3.8, 4) is 5.75 Å². The van der Waals surface area contributed by atoms with Gasteiger partial charge >= 0.3 is 0 Å². The number of carbonyl (C=O) groups excluding carboxylic acids is 1. The van der Waals surface area contributed by atoms with Crippen molar-refractivity contribution in [3.05, 3.63) is 70.5 Å². The fourth-order valence-corrected chi connectivity index (χ4v) is 2.79. The quantitative estimate of drug-likeness (QED) is 0.481. The Morgan fingerprint density at radius 3 is 2.78 bits per heavy atom. The van der Waals surface area contributed by atoms with Crippen LogP contribution in [0, 0.1) is 5.82 Å². The van der Waals surface area contributed by atoms with Crippen molar-refractivity contribution in [1.29, 1.82) is 0 Å². The zero-order valence-corrected chi connectivity index (χ0v) is 14.9. The number of rotatable bonds is 7. The first-order valence-electron chi connectivity index (χ1n) is 7.97. The lowest BCUT2D eigenvalue weighted by Gasteiger charge is -2.09. The molecule has 3 N–H and O–H groups in total. The van der Waals surface area contributed by atoms with Gasteiger partial charge in [-0.05, 0) is 18.2 Å². The molecule has 0 aliphatic rings. The fourth-order valence-electron chi connectivity index (χ4n) is 2.18. The zero-order valence-electron chi connectivity index (χ0n) is 14.1. The Bertz CT molecular complexity index is 960. The Kier molecular flexibility index (Phi) is 6.06. The fraction of sp³-hybridized carbons (Fsp3) is 0.111. The van der Waals surface area contributed by atoms with E-state index in [-0.39, 0.29) is 24.8 Å². The number of ether oxygens (including phenoxy) is 1. The maximum Gasteiger partial charge on any atom is 0.247 e. The SMILES string of the molecule is Nc1nnc(CC(=O)N/N=C/c2ccccc2OCc2ccccc2F)s1. The van der Waals surface area contributed by atoms with E-state index in [0.717, 1.165) is 11.3 Å². The van der Waals surface area contributed by atoms with E-state index in [1.165, 1.54) is 12.3 Å². The van der Waals surface area contributed by atoms with Crippen LogP contribution in [0.5, 0.6) is 5.75 Å². The Labute approximate surface area is 158 Å². The average molecular weight is 385 g/mol. The van der Waals surface area contributed by atoms with Crippen molar-refractivity contribution in [2.75, 3.05) is 5.73 Å². The topological polar surface area (TPSA) is 102 Å². The summed E-state index contributed by atoms with van der Waals surface area (Å²) < 4.78 is 19.4. The van der Waals surface area contributed by atoms with Crippen molar-refractivity contribution >= 4 is 28.6 Å². The van der Waals surface area contributed by atoms with Crippen LogP contribution in [0.15, 0.2) is 53.6 Å². The average Bonchev–Trinajstić information content (AvgIpc) is 3.06. The number of amides is 1. The lowest BCUT2D eigenvalue weighted by atomic mass is 10.2. The van der Waals surface area contributed by atoms with Crippen molar-refractivity contribution in [2.24, 2.45) is 5.10 Å². The molecule has 3 aromatic rings. The van der Waals surface area contributed by atoms with Crippen LogP contribution in [0.1, 0.15) is 16.1 Å². The number of nitrogens with zero attached hydrogens (tertiary/aromatic N) is 3. The van der Waals surface area contributed by atoms with Gasteiger partial charge in [0.1, 0.15) is 23.2 Å². The third-order valence-corrected chi connectivity index (χ3v) is 4.20. The molecule has 1 amide bonds. The Morgan fingerprint density at radius 2 is 2.00 bits per heavy atom. The molecule has 0 atom stereocenters. The molecule has 9 heteroatoms. The normalized spacial score (nSPS) is 10.9. The summed E-state index contributed by atoms with van der Waals surface area (Å²) in [6, 6.07) is 13.5. The molecule has 138 valence electrons. The van der Waals surface area contributed by atoms with Gasteiger partial charge in [-0.15, -0.1) is 10.2 Å². The molecule has 0 spiro atoms. The highest BCUT2D eigenvalue weighted by molar-refractivity contribution is 7.15. The summed E-state index contributed by atoms with van der Waals surface area (Å²) in [6.07, 6.45) is 1.50. The second-order valence-corrected chi connectivity index (χ2v) is 6.52. The summed E-state index contributed by atoms with van der Waals surface area (Å²) in [5, 5.41) is 12.2. The van der Waals surface area contributed by atoms with Crippen molar-refractivity contribution in [3.63, 3.8) is 0 Å². The number of anilines is 1. The highest BCUT2D eigenvalue weighted by Gasteiger charge is 2.08. The van der Waals surface area contributed by atoms with Crippen molar-refractivity contribution < 1.29 is 13.9 Å². The van der Waals surface area contributed by atoms with Crippen LogP contribution in [0.3, 0.4) is 0 Å². The third kappa shape index (κ3) is 5.32. The van der Waals surface area contributed by atoms with E-state index in [0.29, 0.717) is 27.0 Å². The van der Waals surface area contributed by atoms with Crippen LogP contribution in [-0.4, -0.2) is 22.3 Å². The summed E-state index contributed by atoms with van der Waals surface area (Å²) in [5.74, 6) is -0.143. The van der Waals surface area contributed by atoms with Crippen LogP contribution in [0.2, 0.25) is 0 Å². The van der Waals surface area contributed by atoms with Crippen LogP contribution in [-0.2, 0) is 17.8 Å². The van der Waals surface area contributed by atoms with Crippen LogP contribution in [0.4, 0.5) is 9.52 Å². The molecule has 0 aliphatic carbocycles. The highest BCUT2D eigenvalue weighted by atomic mass is 32.1. The van der Waals surface area contributed by atoms with E-state index in [1.54, 1.807) is 36.4 Å². The van der Waals surface area contributed by atoms with E-state index in [1.807, 2.05) is 6.07 Å². The highest BCUT2D eigenvalue weighted by Crippen LogP contribution is 2.18. The number of hydrogen-bond acceptors (Lipinski definition) is 7. The van der Waals surface area contributed by atoms with Gasteiger partial charge in [-0.2, -0.15) is 5.10 Å². The van der Waals surface area contributed by atoms with Gasteiger partial charge in [0.15, 0.2) is 0 Å². The molecule has 1 aromatic heterocycles. The number of aromatic nitrogens is 2. The molecule has 0 radical (unpaired) electrons. The largest absolute Gasteiger partial charge is 0.488 e. The minimum absolute atomic E-state index is 0.0393. The van der Waals surface area contributed by atoms with Crippen molar-refractivity contribution in [2.45, 2.75) is 13.0 Å². The standard InChI is InChI=1S/C18H16FN5O2S/c19-14-7-3-1-6-13(14)11-26-15-8-4-2-5-12(15)10-21-22-16(25)9-17-23-24-18(20)27-17/h1-8,10H,9,11H2,(H2,20,24)(H,22,25)/b21-10+. The first-order valence-corrected chi connectivity index (χ1v) is 8.78. The first kappa shape index (κ1) is 18.5. The summed E-state index contributed by atoms with van der Waals surface area (Å²) in [6.45, 7) is 0.0857. The summed E-state index contributed by atoms with van der Waals surface area (Å²) in [4.78, 5) is 11.8. The van der Waals surface area contributed by atoms with Crippen LogP contribution < -0.4 is 15.9 Å². The second kappa shape index (κ2) is 8.86. The molecule has 0 saturated heterocycles. The van der Waals surface area contributed by atoms with E-state index < -0.39 is 0 Å². The lowest BCUT2D eigenvalue weighted by molar-refractivity contribution is -0.120. The third-order valence-electron chi connectivity index (χ3n) is 3.45. The molecule has 2 aromatic carbocycles. The number of nitrogen functional groups attached to an aromatic ring is 1. The maximum absolute atomic E-state index is 13.7. The molecule has 0 aliphatic heterocycles. The van der Waals surface area contributed by atoms with E-state index in [4.69, 9.17) is 10.5 Å². The van der Waals surface area contributed by atoms with Gasteiger partial charge in [0.25, 0.3) is 0 Å². The zero-order chi connectivity index (χ0) is 19.1. The van der Waals surface area contributed by atoms with Gasteiger partial charge in [-0.1, -0.05) is 41.7 Å². The Balaban J connectivity index is 1.59.